The van der Waals surface area contributed by atoms with Crippen molar-refractivity contribution in [3.63, 3.8) is 0 Å². The second kappa shape index (κ2) is 8.20. The van der Waals surface area contributed by atoms with E-state index in [4.69, 9.17) is 9.90 Å². The molecular formula is C11H7F15O4. The fourth-order valence-corrected chi connectivity index (χ4v) is 1.22. The van der Waals surface area contributed by atoms with Crippen LogP contribution in [-0.4, -0.2) is 65.9 Å². The van der Waals surface area contributed by atoms with E-state index in [-0.39, 0.29) is 7.11 Å². The summed E-state index contributed by atoms with van der Waals surface area (Å²) in [6.45, 7) is 1.08. The number of halogens is 15. The molecule has 0 amide bonds. The molecule has 30 heavy (non-hydrogen) atoms. The molecule has 0 fully saturated rings. The van der Waals surface area contributed by atoms with Gasteiger partial charge in [0, 0.05) is 6.92 Å². The summed E-state index contributed by atoms with van der Waals surface area (Å²) in [5, 5.41) is 7.42. The molecule has 0 radical (unpaired) electrons. The Morgan fingerprint density at radius 1 is 0.600 bits per heavy atom. The van der Waals surface area contributed by atoms with Crippen LogP contribution in [0.15, 0.2) is 0 Å². The van der Waals surface area contributed by atoms with Gasteiger partial charge in [0.2, 0.25) is 0 Å². The van der Waals surface area contributed by atoms with Crippen molar-refractivity contribution in [2.75, 3.05) is 7.11 Å². The number of ether oxygens (including phenoxy) is 1. The summed E-state index contributed by atoms with van der Waals surface area (Å²) in [7, 11) is -0.172. The molecule has 0 unspecified atom stereocenters. The number of aliphatic carboxylic acids is 1. The Bertz CT molecular complexity index is 633. The van der Waals surface area contributed by atoms with E-state index in [1.165, 1.54) is 0 Å². The summed E-state index contributed by atoms with van der Waals surface area (Å²) in [6.07, 6.45) is -7.67. The lowest BCUT2D eigenvalue weighted by Crippen LogP contribution is -2.73. The predicted octanol–water partition coefficient (Wildman–Crippen LogP) is 4.62. The van der Waals surface area contributed by atoms with Gasteiger partial charge in [0.25, 0.3) is 5.97 Å². The van der Waals surface area contributed by atoms with Gasteiger partial charge in [0.1, 0.15) is 0 Å². The molecule has 180 valence electrons. The van der Waals surface area contributed by atoms with E-state index in [2.05, 4.69) is 4.74 Å². The van der Waals surface area contributed by atoms with Gasteiger partial charge in [0.05, 0.1) is 7.11 Å². The second-order valence-electron chi connectivity index (χ2n) is 4.95. The standard InChI is InChI=1S/C9H3F15O2.C2H4O2/c1-26-2(25)3(10,11)4(12,13)5(14,15)6(16,17)7(18,19)8(20,21)9(22,23)24;1-2(3)4/h1H3;1H3,(H,3,4). The van der Waals surface area contributed by atoms with Gasteiger partial charge in [-0.05, 0) is 0 Å². The first-order valence-electron chi connectivity index (χ1n) is 6.33. The smallest absolute Gasteiger partial charge is 0.460 e. The van der Waals surface area contributed by atoms with Crippen LogP contribution in [0.25, 0.3) is 0 Å². The van der Waals surface area contributed by atoms with Crippen LogP contribution in [0.2, 0.25) is 0 Å². The summed E-state index contributed by atoms with van der Waals surface area (Å²) >= 11 is 0. The van der Waals surface area contributed by atoms with Crippen molar-refractivity contribution >= 4 is 11.9 Å². The first-order chi connectivity index (χ1) is 12.7. The number of carbonyl (C=O) groups excluding carboxylic acids is 1. The Hall–Kier alpha value is -2.11. The average Bonchev–Trinajstić information content (AvgIpc) is 2.51. The average molecular weight is 488 g/mol. The minimum atomic E-state index is -8.42. The van der Waals surface area contributed by atoms with Gasteiger partial charge in [-0.15, -0.1) is 0 Å². The van der Waals surface area contributed by atoms with Gasteiger partial charge in [-0.25, -0.2) is 4.79 Å². The number of carboxylic acid groups (broad SMARTS) is 1. The van der Waals surface area contributed by atoms with Crippen LogP contribution in [-0.2, 0) is 14.3 Å². The molecule has 1 N–H and O–H groups in total. The normalized spacial score (nSPS) is 14.6. The Kier molecular flexibility index (Phi) is 8.22. The van der Waals surface area contributed by atoms with Crippen LogP contribution in [0.3, 0.4) is 0 Å². The minimum Gasteiger partial charge on any atom is -0.481 e. The molecule has 0 aliphatic carbocycles. The third-order valence-electron chi connectivity index (χ3n) is 2.77. The summed E-state index contributed by atoms with van der Waals surface area (Å²) in [6, 6.07) is 0. The fourth-order valence-electron chi connectivity index (χ4n) is 1.22. The highest BCUT2D eigenvalue weighted by Gasteiger charge is 2.94. The van der Waals surface area contributed by atoms with Gasteiger partial charge in [0.15, 0.2) is 0 Å². The zero-order valence-corrected chi connectivity index (χ0v) is 13.8. The topological polar surface area (TPSA) is 63.6 Å². The molecule has 0 bridgehead atoms. The molecule has 0 spiro atoms. The van der Waals surface area contributed by atoms with Crippen molar-refractivity contribution in [2.45, 2.75) is 48.6 Å². The Balaban J connectivity index is 0. The quantitative estimate of drug-likeness (QED) is 0.438. The van der Waals surface area contributed by atoms with Crippen molar-refractivity contribution in [3.8, 4) is 0 Å². The SMILES string of the molecule is CC(=O)O.COC(=O)C(F)(F)C(F)(F)C(F)(F)C(F)(F)C(F)(F)C(F)(F)C(F)(F)F. The van der Waals surface area contributed by atoms with Gasteiger partial charge in [-0.2, -0.15) is 65.9 Å². The van der Waals surface area contributed by atoms with Crippen LogP contribution >= 0.6 is 0 Å². The Morgan fingerprint density at radius 2 is 0.833 bits per heavy atom. The number of esters is 1. The molecule has 0 rings (SSSR count). The van der Waals surface area contributed by atoms with Gasteiger partial charge in [-0.3, -0.25) is 4.79 Å². The number of hydrogen-bond acceptors (Lipinski definition) is 3. The molecule has 0 aliphatic heterocycles. The van der Waals surface area contributed by atoms with Crippen molar-refractivity contribution in [2.24, 2.45) is 0 Å². The maximum absolute atomic E-state index is 13.0. The highest BCUT2D eigenvalue weighted by Crippen LogP contribution is 2.62. The van der Waals surface area contributed by atoms with Crippen LogP contribution < -0.4 is 0 Å². The van der Waals surface area contributed by atoms with E-state index in [0.717, 1.165) is 6.92 Å². The molecule has 0 aromatic carbocycles. The lowest BCUT2D eigenvalue weighted by molar-refractivity contribution is -0.450. The maximum Gasteiger partial charge on any atom is 0.460 e. The zero-order chi connectivity index (χ0) is 25.4. The highest BCUT2D eigenvalue weighted by molar-refractivity contribution is 5.79. The molecule has 0 aromatic rings. The monoisotopic (exact) mass is 488 g/mol. The molecule has 0 aromatic heterocycles. The maximum atomic E-state index is 13.0. The lowest BCUT2D eigenvalue weighted by Gasteiger charge is -2.40. The number of alkyl halides is 15. The van der Waals surface area contributed by atoms with E-state index < -0.39 is 53.7 Å². The largest absolute Gasteiger partial charge is 0.481 e. The molecule has 19 heteroatoms. The summed E-state index contributed by atoms with van der Waals surface area (Å²) in [4.78, 5) is 19.3. The summed E-state index contributed by atoms with van der Waals surface area (Å²) < 4.78 is 192. The molecule has 4 nitrogen and oxygen atoms in total. The van der Waals surface area contributed by atoms with Crippen molar-refractivity contribution in [3.05, 3.63) is 0 Å². The third-order valence-corrected chi connectivity index (χ3v) is 2.77. The Morgan fingerprint density at radius 3 is 1.07 bits per heavy atom. The molecule has 0 aliphatic rings. The number of hydrogen-bond donors (Lipinski definition) is 1. The molecule has 0 atom stereocenters. The van der Waals surface area contributed by atoms with Crippen molar-refractivity contribution < 1.29 is 85.3 Å². The number of rotatable bonds is 6. The van der Waals surface area contributed by atoms with Crippen LogP contribution in [0.5, 0.6) is 0 Å². The van der Waals surface area contributed by atoms with Crippen LogP contribution in [0.4, 0.5) is 65.9 Å². The van der Waals surface area contributed by atoms with Crippen LogP contribution in [0, 0.1) is 0 Å². The van der Waals surface area contributed by atoms with E-state index in [0.29, 0.717) is 0 Å². The van der Waals surface area contributed by atoms with Crippen molar-refractivity contribution in [1.82, 2.24) is 0 Å². The van der Waals surface area contributed by atoms with E-state index >= 15 is 0 Å². The zero-order valence-electron chi connectivity index (χ0n) is 13.8. The van der Waals surface area contributed by atoms with Gasteiger partial charge < -0.3 is 9.84 Å². The fraction of sp³-hybridized carbons (Fsp3) is 0.818. The number of carbonyl (C=O) groups is 2. The minimum absolute atomic E-state index is 0.172. The molecule has 0 saturated heterocycles. The highest BCUT2D eigenvalue weighted by atomic mass is 19.4. The predicted molar refractivity (Wildman–Crippen MR) is 61.1 cm³/mol. The molecular weight excluding hydrogens is 481 g/mol. The van der Waals surface area contributed by atoms with Gasteiger partial charge in [-0.1, -0.05) is 0 Å². The number of methoxy groups -OCH3 is 1. The van der Waals surface area contributed by atoms with E-state index in [1.54, 1.807) is 0 Å². The second-order valence-corrected chi connectivity index (χ2v) is 4.95. The van der Waals surface area contributed by atoms with Crippen molar-refractivity contribution in [1.29, 1.82) is 0 Å². The molecule has 0 heterocycles. The van der Waals surface area contributed by atoms with E-state index in [1.807, 2.05) is 0 Å². The molecule has 0 saturated carbocycles. The Labute approximate surface area is 154 Å². The summed E-state index contributed by atoms with van der Waals surface area (Å²) in [5.41, 5.74) is 0. The first-order valence-corrected chi connectivity index (χ1v) is 6.33. The summed E-state index contributed by atoms with van der Waals surface area (Å²) in [5.74, 6) is -52.5. The lowest BCUT2D eigenvalue weighted by atomic mass is 9.91. The van der Waals surface area contributed by atoms with E-state index in [9.17, 15) is 70.7 Å². The number of carboxylic acids is 1. The van der Waals surface area contributed by atoms with Crippen LogP contribution in [0.1, 0.15) is 6.92 Å². The van der Waals surface area contributed by atoms with Gasteiger partial charge >= 0.3 is 47.7 Å². The first kappa shape index (κ1) is 30.1. The third kappa shape index (κ3) is 4.47.